The number of alkyl halides is 1. The number of amides is 1. The van der Waals surface area contributed by atoms with Gasteiger partial charge in [0.1, 0.15) is 0 Å². The second-order valence-corrected chi connectivity index (χ2v) is 12.6. The molecule has 6 heteroatoms. The zero-order chi connectivity index (χ0) is 22.1. The van der Waals surface area contributed by atoms with Gasteiger partial charge in [0.05, 0.1) is 0 Å². The van der Waals surface area contributed by atoms with Crippen LogP contribution in [0.4, 0.5) is 5.69 Å². The van der Waals surface area contributed by atoms with E-state index in [0.717, 1.165) is 44.2 Å². The summed E-state index contributed by atoms with van der Waals surface area (Å²) in [5, 5.41) is 0. The van der Waals surface area contributed by atoms with E-state index >= 15 is 0 Å². The molecule has 1 aliphatic carbocycles. The maximum atomic E-state index is 12.0. The SMILES string of the molecule is O=C1CCCCN1CCCCN1CC[C@@H]2[C@@H](C1)C1CC(Br)CCC1N2c1ccc(Br)cc1. The number of nitrogens with zero attached hydrogens (tertiary/aromatic N) is 3. The second-order valence-electron chi connectivity index (χ2n) is 10.4. The fourth-order valence-electron chi connectivity index (χ4n) is 6.93. The van der Waals surface area contributed by atoms with Gasteiger partial charge in [0, 0.05) is 59.7 Å². The number of piperidine rings is 2. The molecule has 0 aromatic heterocycles. The Balaban J connectivity index is 1.20. The molecule has 1 aromatic carbocycles. The smallest absolute Gasteiger partial charge is 0.222 e. The predicted octanol–water partition coefficient (Wildman–Crippen LogP) is 5.68. The molecule has 4 aliphatic rings. The highest BCUT2D eigenvalue weighted by atomic mass is 79.9. The van der Waals surface area contributed by atoms with Gasteiger partial charge in [-0.2, -0.15) is 0 Å². The number of fused-ring (bicyclic) bond motifs is 3. The number of rotatable bonds is 6. The second kappa shape index (κ2) is 10.4. The Labute approximate surface area is 210 Å². The third kappa shape index (κ3) is 4.93. The van der Waals surface area contributed by atoms with Crippen molar-refractivity contribution < 1.29 is 4.79 Å². The molecule has 0 spiro atoms. The molecule has 0 radical (unpaired) electrons. The van der Waals surface area contributed by atoms with E-state index in [9.17, 15) is 4.79 Å². The van der Waals surface area contributed by atoms with Crippen molar-refractivity contribution in [1.82, 2.24) is 9.80 Å². The lowest BCUT2D eigenvalue weighted by atomic mass is 9.76. The zero-order valence-electron chi connectivity index (χ0n) is 19.1. The first-order chi connectivity index (χ1) is 15.6. The quantitative estimate of drug-likeness (QED) is 0.327. The minimum Gasteiger partial charge on any atom is -0.365 e. The van der Waals surface area contributed by atoms with Gasteiger partial charge in [0.15, 0.2) is 0 Å². The summed E-state index contributed by atoms with van der Waals surface area (Å²) in [7, 11) is 0. The molecule has 1 amide bonds. The average Bonchev–Trinajstić information content (AvgIpc) is 3.11. The van der Waals surface area contributed by atoms with Crippen LogP contribution in [0, 0.1) is 11.8 Å². The molecule has 0 bridgehead atoms. The van der Waals surface area contributed by atoms with Crippen LogP contribution in [0.5, 0.6) is 0 Å². The standard InChI is InChI=1S/C26H37Br2N3O/c27-19-6-9-21(10-7-19)31-24-11-8-20(28)17-22(24)23-18-29(16-12-25(23)31)13-3-4-15-30-14-2-1-5-26(30)32/h6-7,9-10,20,22-25H,1-5,8,11-18H2/t20?,22?,23-,24?,25+/m0/s1. The predicted molar refractivity (Wildman–Crippen MR) is 138 cm³/mol. The number of hydrogen-bond acceptors (Lipinski definition) is 3. The first-order valence-corrected chi connectivity index (χ1v) is 14.5. The monoisotopic (exact) mass is 565 g/mol. The van der Waals surface area contributed by atoms with Crippen LogP contribution in [0.25, 0.3) is 0 Å². The number of halogens is 2. The first kappa shape index (κ1) is 23.2. The Hall–Kier alpha value is -0.590. The molecule has 176 valence electrons. The number of benzene rings is 1. The summed E-state index contributed by atoms with van der Waals surface area (Å²) < 4.78 is 1.17. The van der Waals surface area contributed by atoms with E-state index in [1.165, 1.54) is 68.3 Å². The topological polar surface area (TPSA) is 26.8 Å². The van der Waals surface area contributed by atoms with Gasteiger partial charge in [0.2, 0.25) is 5.91 Å². The van der Waals surface area contributed by atoms with E-state index < -0.39 is 0 Å². The van der Waals surface area contributed by atoms with Crippen LogP contribution in [0.1, 0.15) is 57.8 Å². The molecule has 3 heterocycles. The molecular weight excluding hydrogens is 530 g/mol. The number of likely N-dealkylation sites (tertiary alicyclic amines) is 2. The van der Waals surface area contributed by atoms with Crippen LogP contribution in [0.2, 0.25) is 0 Å². The maximum absolute atomic E-state index is 12.0. The van der Waals surface area contributed by atoms with E-state index in [1.54, 1.807) is 0 Å². The average molecular weight is 567 g/mol. The molecular formula is C26H37Br2N3O. The summed E-state index contributed by atoms with van der Waals surface area (Å²) in [5.74, 6) is 1.96. The Morgan fingerprint density at radius 3 is 2.50 bits per heavy atom. The molecule has 1 aromatic rings. The van der Waals surface area contributed by atoms with E-state index in [2.05, 4.69) is 70.8 Å². The van der Waals surface area contributed by atoms with Gasteiger partial charge in [-0.15, -0.1) is 0 Å². The van der Waals surface area contributed by atoms with Gasteiger partial charge >= 0.3 is 0 Å². The van der Waals surface area contributed by atoms with Crippen LogP contribution in [-0.4, -0.2) is 65.3 Å². The Bertz CT molecular complexity index is 788. The first-order valence-electron chi connectivity index (χ1n) is 12.8. The minimum absolute atomic E-state index is 0.378. The van der Waals surface area contributed by atoms with E-state index in [0.29, 0.717) is 22.8 Å². The van der Waals surface area contributed by atoms with E-state index in [1.807, 2.05) is 0 Å². The van der Waals surface area contributed by atoms with Crippen LogP contribution in [0.15, 0.2) is 28.7 Å². The van der Waals surface area contributed by atoms with Gasteiger partial charge in [-0.25, -0.2) is 0 Å². The van der Waals surface area contributed by atoms with Crippen molar-refractivity contribution in [2.45, 2.75) is 74.7 Å². The molecule has 4 fully saturated rings. The lowest BCUT2D eigenvalue weighted by molar-refractivity contribution is -0.133. The van der Waals surface area contributed by atoms with Crippen LogP contribution < -0.4 is 4.90 Å². The summed E-state index contributed by atoms with van der Waals surface area (Å²) in [6.45, 7) is 5.61. The summed E-state index contributed by atoms with van der Waals surface area (Å²) in [6.07, 6.45) is 10.6. The largest absolute Gasteiger partial charge is 0.365 e. The van der Waals surface area contributed by atoms with Crippen molar-refractivity contribution in [3.8, 4) is 0 Å². The van der Waals surface area contributed by atoms with Gasteiger partial charge < -0.3 is 14.7 Å². The molecule has 0 N–H and O–H groups in total. The molecule has 3 aliphatic heterocycles. The summed E-state index contributed by atoms with van der Waals surface area (Å²) in [4.78, 5) is 20.4. The van der Waals surface area contributed by atoms with Gasteiger partial charge in [0.25, 0.3) is 0 Å². The number of anilines is 1. The Morgan fingerprint density at radius 1 is 0.906 bits per heavy atom. The van der Waals surface area contributed by atoms with Crippen molar-refractivity contribution in [3.63, 3.8) is 0 Å². The summed E-state index contributed by atoms with van der Waals surface area (Å²) >= 11 is 7.58. The highest BCUT2D eigenvalue weighted by molar-refractivity contribution is 9.10. The normalized spacial score (nSPS) is 33.3. The van der Waals surface area contributed by atoms with Gasteiger partial charge in [-0.05, 0) is 94.0 Å². The molecule has 3 saturated heterocycles. The molecule has 4 nitrogen and oxygen atoms in total. The zero-order valence-corrected chi connectivity index (χ0v) is 22.3. The van der Waals surface area contributed by atoms with Crippen molar-refractivity contribution in [2.24, 2.45) is 11.8 Å². The van der Waals surface area contributed by atoms with Crippen LogP contribution >= 0.6 is 31.9 Å². The Morgan fingerprint density at radius 2 is 1.69 bits per heavy atom. The van der Waals surface area contributed by atoms with Crippen molar-refractivity contribution >= 4 is 43.5 Å². The number of unbranched alkanes of at least 4 members (excludes halogenated alkanes) is 1. The number of hydrogen-bond donors (Lipinski definition) is 0. The highest BCUT2D eigenvalue weighted by Gasteiger charge is 2.52. The van der Waals surface area contributed by atoms with Gasteiger partial charge in [-0.1, -0.05) is 31.9 Å². The van der Waals surface area contributed by atoms with Gasteiger partial charge in [-0.3, -0.25) is 4.79 Å². The maximum Gasteiger partial charge on any atom is 0.222 e. The number of carbonyl (C=O) groups is 1. The number of carbonyl (C=O) groups excluding carboxylic acids is 1. The van der Waals surface area contributed by atoms with Crippen molar-refractivity contribution in [1.29, 1.82) is 0 Å². The Kier molecular flexibility index (Phi) is 7.49. The van der Waals surface area contributed by atoms with E-state index in [-0.39, 0.29) is 0 Å². The highest BCUT2D eigenvalue weighted by Crippen LogP contribution is 2.49. The molecule has 32 heavy (non-hydrogen) atoms. The molecule has 5 atom stereocenters. The lowest BCUT2D eigenvalue weighted by Crippen LogP contribution is -2.47. The molecule has 5 rings (SSSR count). The van der Waals surface area contributed by atoms with Crippen molar-refractivity contribution in [3.05, 3.63) is 28.7 Å². The summed E-state index contributed by atoms with van der Waals surface area (Å²) in [6, 6.07) is 10.4. The lowest BCUT2D eigenvalue weighted by Gasteiger charge is -2.40. The summed E-state index contributed by atoms with van der Waals surface area (Å²) in [5.41, 5.74) is 1.42. The van der Waals surface area contributed by atoms with Crippen LogP contribution in [-0.2, 0) is 4.79 Å². The fraction of sp³-hybridized carbons (Fsp3) is 0.731. The molecule has 1 saturated carbocycles. The molecule has 3 unspecified atom stereocenters. The third-order valence-corrected chi connectivity index (χ3v) is 9.83. The minimum atomic E-state index is 0.378. The van der Waals surface area contributed by atoms with Crippen molar-refractivity contribution in [2.75, 3.05) is 37.6 Å². The van der Waals surface area contributed by atoms with Crippen LogP contribution in [0.3, 0.4) is 0 Å². The fourth-order valence-corrected chi connectivity index (χ4v) is 7.89. The van der Waals surface area contributed by atoms with E-state index in [4.69, 9.17) is 0 Å². The third-order valence-electron chi connectivity index (χ3n) is 8.47.